The van der Waals surface area contributed by atoms with Crippen molar-refractivity contribution in [1.82, 2.24) is 4.90 Å². The Bertz CT molecular complexity index is 627. The number of rotatable bonds is 6. The second kappa shape index (κ2) is 7.43. The van der Waals surface area contributed by atoms with Crippen LogP contribution in [0.15, 0.2) is 18.2 Å². The molecule has 1 saturated heterocycles. The Hall–Kier alpha value is -1.75. The Kier molecular flexibility index (Phi) is 5.29. The number of likely N-dealkylation sites (tertiary alicyclic amines) is 1. The minimum atomic E-state index is -0.510. The highest BCUT2D eigenvalue weighted by molar-refractivity contribution is 6.64. The third-order valence-electron chi connectivity index (χ3n) is 4.78. The van der Waals surface area contributed by atoms with Gasteiger partial charge in [0.2, 0.25) is 11.1 Å². The summed E-state index contributed by atoms with van der Waals surface area (Å²) in [5.74, 6) is 1.46. The van der Waals surface area contributed by atoms with Gasteiger partial charge in [-0.1, -0.05) is 6.07 Å². The molecule has 0 bridgehead atoms. The van der Waals surface area contributed by atoms with Gasteiger partial charge in [-0.05, 0) is 55.0 Å². The average molecular weight is 352 g/mol. The van der Waals surface area contributed by atoms with Crippen molar-refractivity contribution < 1.29 is 19.1 Å². The third kappa shape index (κ3) is 3.83. The Morgan fingerprint density at radius 2 is 2.04 bits per heavy atom. The predicted octanol–water partition coefficient (Wildman–Crippen LogP) is 3.10. The molecule has 0 spiro atoms. The largest absolute Gasteiger partial charge is 0.493 e. The van der Waals surface area contributed by atoms with E-state index in [4.69, 9.17) is 21.1 Å². The minimum absolute atomic E-state index is 0.0293. The van der Waals surface area contributed by atoms with Crippen LogP contribution in [-0.2, 0) is 9.59 Å². The number of benzene rings is 1. The Balaban J connectivity index is 1.76. The SMILES string of the molecule is COc1ccc([C@@H]2CC(=O)N(CC(=O)Cl)C2)cc1OC1CCCC1. The summed E-state index contributed by atoms with van der Waals surface area (Å²) in [4.78, 5) is 24.6. The maximum Gasteiger partial charge on any atom is 0.241 e. The van der Waals surface area contributed by atoms with E-state index in [1.807, 2.05) is 18.2 Å². The van der Waals surface area contributed by atoms with Crippen molar-refractivity contribution >= 4 is 22.8 Å². The van der Waals surface area contributed by atoms with Gasteiger partial charge in [-0.15, -0.1) is 0 Å². The van der Waals surface area contributed by atoms with Crippen molar-refractivity contribution in [3.05, 3.63) is 23.8 Å². The fourth-order valence-corrected chi connectivity index (χ4v) is 3.67. The average Bonchev–Trinajstić information content (AvgIpc) is 3.17. The molecule has 0 N–H and O–H groups in total. The first-order valence-electron chi connectivity index (χ1n) is 8.37. The number of carbonyl (C=O) groups excluding carboxylic acids is 2. The molecule has 1 aromatic rings. The summed E-state index contributed by atoms with van der Waals surface area (Å²) in [5.41, 5.74) is 1.03. The van der Waals surface area contributed by atoms with Crippen LogP contribution in [0.4, 0.5) is 0 Å². The number of ether oxygens (including phenoxy) is 2. The van der Waals surface area contributed by atoms with E-state index in [1.165, 1.54) is 17.7 Å². The van der Waals surface area contributed by atoms with E-state index >= 15 is 0 Å². The third-order valence-corrected chi connectivity index (χ3v) is 4.90. The Labute approximate surface area is 146 Å². The van der Waals surface area contributed by atoms with E-state index in [1.54, 1.807) is 7.11 Å². The minimum Gasteiger partial charge on any atom is -0.493 e. The molecular formula is C18H22ClNO4. The molecule has 6 heteroatoms. The van der Waals surface area contributed by atoms with Crippen LogP contribution in [0, 0.1) is 0 Å². The molecule has 1 aliphatic carbocycles. The fourth-order valence-electron chi connectivity index (χ4n) is 3.52. The molecule has 1 amide bonds. The summed E-state index contributed by atoms with van der Waals surface area (Å²) >= 11 is 5.41. The van der Waals surface area contributed by atoms with Gasteiger partial charge in [0, 0.05) is 18.9 Å². The van der Waals surface area contributed by atoms with Gasteiger partial charge >= 0.3 is 0 Å². The highest BCUT2D eigenvalue weighted by Gasteiger charge is 2.32. The van der Waals surface area contributed by atoms with Gasteiger partial charge in [-0.2, -0.15) is 0 Å². The predicted molar refractivity (Wildman–Crippen MR) is 90.7 cm³/mol. The van der Waals surface area contributed by atoms with Crippen molar-refractivity contribution in [2.45, 2.75) is 44.1 Å². The van der Waals surface area contributed by atoms with E-state index in [-0.39, 0.29) is 24.5 Å². The quantitative estimate of drug-likeness (QED) is 0.739. The first-order valence-corrected chi connectivity index (χ1v) is 8.75. The van der Waals surface area contributed by atoms with Crippen LogP contribution < -0.4 is 9.47 Å². The van der Waals surface area contributed by atoms with Gasteiger partial charge in [0.1, 0.15) is 0 Å². The highest BCUT2D eigenvalue weighted by atomic mass is 35.5. The number of nitrogens with zero attached hydrogens (tertiary/aromatic N) is 1. The first kappa shape index (κ1) is 17.1. The van der Waals surface area contributed by atoms with Crippen molar-refractivity contribution in [3.63, 3.8) is 0 Å². The molecule has 5 nitrogen and oxygen atoms in total. The maximum absolute atomic E-state index is 12.0. The number of halogens is 1. The van der Waals surface area contributed by atoms with E-state index in [0.717, 1.165) is 24.2 Å². The Morgan fingerprint density at radius 1 is 1.29 bits per heavy atom. The Morgan fingerprint density at radius 3 is 2.71 bits per heavy atom. The van der Waals surface area contributed by atoms with E-state index in [2.05, 4.69) is 0 Å². The second-order valence-electron chi connectivity index (χ2n) is 6.47. The molecule has 2 fully saturated rings. The van der Waals surface area contributed by atoms with Gasteiger partial charge in [0.05, 0.1) is 19.8 Å². The lowest BCUT2D eigenvalue weighted by atomic mass is 9.98. The van der Waals surface area contributed by atoms with E-state index in [0.29, 0.717) is 18.7 Å². The van der Waals surface area contributed by atoms with Crippen molar-refractivity contribution in [3.8, 4) is 11.5 Å². The van der Waals surface area contributed by atoms with Crippen LogP contribution >= 0.6 is 11.6 Å². The molecule has 0 unspecified atom stereocenters. The molecule has 1 atom stereocenters. The van der Waals surface area contributed by atoms with Crippen molar-refractivity contribution in [2.75, 3.05) is 20.2 Å². The molecule has 1 aromatic carbocycles. The van der Waals surface area contributed by atoms with Crippen LogP contribution in [0.25, 0.3) is 0 Å². The van der Waals surface area contributed by atoms with Crippen molar-refractivity contribution in [2.24, 2.45) is 0 Å². The number of methoxy groups -OCH3 is 1. The number of hydrogen-bond donors (Lipinski definition) is 0. The molecule has 2 aliphatic rings. The summed E-state index contributed by atoms with van der Waals surface area (Å²) in [6.07, 6.45) is 5.17. The molecule has 3 rings (SSSR count). The molecule has 0 aromatic heterocycles. The van der Waals surface area contributed by atoms with Crippen LogP contribution in [0.2, 0.25) is 0 Å². The summed E-state index contributed by atoms with van der Waals surface area (Å²) < 4.78 is 11.5. The second-order valence-corrected chi connectivity index (χ2v) is 6.89. The zero-order valence-corrected chi connectivity index (χ0v) is 14.6. The summed E-state index contributed by atoms with van der Waals surface area (Å²) in [6, 6.07) is 5.82. The van der Waals surface area contributed by atoms with Crippen LogP contribution in [0.1, 0.15) is 43.6 Å². The highest BCUT2D eigenvalue weighted by Crippen LogP contribution is 2.36. The van der Waals surface area contributed by atoms with Gasteiger partial charge in [-0.3, -0.25) is 9.59 Å². The summed E-state index contributed by atoms with van der Waals surface area (Å²) in [7, 11) is 1.63. The van der Waals surface area contributed by atoms with Gasteiger partial charge in [0.15, 0.2) is 11.5 Å². The van der Waals surface area contributed by atoms with Crippen LogP contribution in [0.5, 0.6) is 11.5 Å². The van der Waals surface area contributed by atoms with Gasteiger partial charge in [0.25, 0.3) is 0 Å². The first-order chi connectivity index (χ1) is 11.6. The molecule has 130 valence electrons. The normalized spacial score (nSPS) is 21.3. The molecule has 1 saturated carbocycles. The summed E-state index contributed by atoms with van der Waals surface area (Å²) in [5, 5.41) is -0.510. The zero-order chi connectivity index (χ0) is 17.1. The topological polar surface area (TPSA) is 55.8 Å². The zero-order valence-electron chi connectivity index (χ0n) is 13.8. The lowest BCUT2D eigenvalue weighted by Crippen LogP contribution is -2.29. The van der Waals surface area contributed by atoms with Crippen molar-refractivity contribution in [1.29, 1.82) is 0 Å². The monoisotopic (exact) mass is 351 g/mol. The molecule has 24 heavy (non-hydrogen) atoms. The van der Waals surface area contributed by atoms with Crippen LogP contribution in [-0.4, -0.2) is 42.4 Å². The lowest BCUT2D eigenvalue weighted by molar-refractivity contribution is -0.130. The van der Waals surface area contributed by atoms with Gasteiger partial charge < -0.3 is 14.4 Å². The van der Waals surface area contributed by atoms with E-state index in [9.17, 15) is 9.59 Å². The smallest absolute Gasteiger partial charge is 0.241 e. The van der Waals surface area contributed by atoms with Crippen LogP contribution in [0.3, 0.4) is 0 Å². The molecule has 1 aliphatic heterocycles. The standard InChI is InChI=1S/C18H22ClNO4/c1-23-15-7-6-12(8-16(15)24-14-4-2-3-5-14)13-9-18(22)20(10-13)11-17(19)21/h6-8,13-14H,2-5,9-11H2,1H3/t13-/m1/s1. The maximum atomic E-state index is 12.0. The molecular weight excluding hydrogens is 330 g/mol. The molecule has 0 radical (unpaired) electrons. The number of amides is 1. The lowest BCUT2D eigenvalue weighted by Gasteiger charge is -2.19. The van der Waals surface area contributed by atoms with Gasteiger partial charge in [-0.25, -0.2) is 0 Å². The number of hydrogen-bond acceptors (Lipinski definition) is 4. The van der Waals surface area contributed by atoms with E-state index < -0.39 is 5.24 Å². The number of carbonyl (C=O) groups is 2. The fraction of sp³-hybridized carbons (Fsp3) is 0.556. The summed E-state index contributed by atoms with van der Waals surface area (Å²) in [6.45, 7) is 0.477. The molecule has 1 heterocycles.